The zero-order chi connectivity index (χ0) is 39.6. The minimum Gasteiger partial charge on any atom is -0.488 e. The van der Waals surface area contributed by atoms with Crippen LogP contribution in [0.25, 0.3) is 0 Å². The Morgan fingerprint density at radius 3 is 1.44 bits per heavy atom. The van der Waals surface area contributed by atoms with Gasteiger partial charge in [0.05, 0.1) is 25.9 Å². The topological polar surface area (TPSA) is 107 Å². The third-order valence-corrected chi connectivity index (χ3v) is 10.5. The molecule has 0 aliphatic heterocycles. The molecular formula is C44H62N4O6. The summed E-state index contributed by atoms with van der Waals surface area (Å²) in [5, 5.41) is 0. The van der Waals surface area contributed by atoms with Crippen molar-refractivity contribution in [2.24, 2.45) is 0 Å². The first-order chi connectivity index (χ1) is 25.3. The summed E-state index contributed by atoms with van der Waals surface area (Å²) >= 11 is 0. The van der Waals surface area contributed by atoms with E-state index in [2.05, 4.69) is 48.1 Å². The van der Waals surface area contributed by atoms with E-state index in [9.17, 15) is 9.59 Å². The van der Waals surface area contributed by atoms with Crippen molar-refractivity contribution in [2.45, 2.75) is 142 Å². The average molecular weight is 743 g/mol. The number of nitrogens with zero attached hydrogens (tertiary/aromatic N) is 4. The molecule has 0 bridgehead atoms. The number of aromatic nitrogens is 4. The van der Waals surface area contributed by atoms with Gasteiger partial charge in [0.25, 0.3) is 0 Å². The highest BCUT2D eigenvalue weighted by Crippen LogP contribution is 2.35. The van der Waals surface area contributed by atoms with Crippen LogP contribution in [-0.4, -0.2) is 66.3 Å². The molecule has 0 fully saturated rings. The molecule has 0 aliphatic carbocycles. The van der Waals surface area contributed by atoms with Crippen molar-refractivity contribution in [2.75, 3.05) is 13.2 Å². The molecule has 2 aromatic heterocycles. The molecule has 10 heteroatoms. The Morgan fingerprint density at radius 2 is 1.04 bits per heavy atom. The van der Waals surface area contributed by atoms with Crippen LogP contribution in [0.4, 0.5) is 0 Å². The molecule has 0 radical (unpaired) electrons. The molecule has 1 unspecified atom stereocenters. The number of carbonyl (C=O) groups excluding carboxylic acids is 2. The predicted octanol–water partition coefficient (Wildman–Crippen LogP) is 8.80. The summed E-state index contributed by atoms with van der Waals surface area (Å²) in [6.45, 7) is 22.1. The van der Waals surface area contributed by atoms with Gasteiger partial charge in [0.1, 0.15) is 33.9 Å². The summed E-state index contributed by atoms with van der Waals surface area (Å²) in [4.78, 5) is 33.9. The zero-order valence-corrected chi connectivity index (χ0v) is 34.2. The number of aryl methyl sites for hydroxylation is 2. The maximum absolute atomic E-state index is 13.0. The van der Waals surface area contributed by atoms with E-state index in [1.165, 1.54) is 0 Å². The van der Waals surface area contributed by atoms with Crippen LogP contribution in [0, 0.1) is 0 Å². The predicted molar refractivity (Wildman–Crippen MR) is 212 cm³/mol. The zero-order valence-electron chi connectivity index (χ0n) is 34.2. The van der Waals surface area contributed by atoms with Gasteiger partial charge in [-0.3, -0.25) is 9.59 Å². The van der Waals surface area contributed by atoms with Crippen LogP contribution in [0.3, 0.4) is 0 Å². The fraction of sp³-hybridized carbons (Fsp3) is 0.545. The van der Waals surface area contributed by atoms with E-state index in [1.807, 2.05) is 101 Å². The molecule has 54 heavy (non-hydrogen) atoms. The Labute approximate surface area is 322 Å². The highest BCUT2D eigenvalue weighted by molar-refractivity contribution is 5.87. The Balaban J connectivity index is 1.24. The van der Waals surface area contributed by atoms with E-state index < -0.39 is 22.4 Å². The molecule has 10 nitrogen and oxygen atoms in total. The highest BCUT2D eigenvalue weighted by Gasteiger charge is 2.33. The summed E-state index contributed by atoms with van der Waals surface area (Å²) in [6, 6.07) is 16.5. The lowest BCUT2D eigenvalue weighted by Gasteiger charge is -2.31. The number of benzene rings is 2. The van der Waals surface area contributed by atoms with Gasteiger partial charge in [0, 0.05) is 69.0 Å². The van der Waals surface area contributed by atoms with E-state index in [0.29, 0.717) is 58.4 Å². The van der Waals surface area contributed by atoms with Crippen LogP contribution in [-0.2, 0) is 37.6 Å². The molecule has 2 heterocycles. The molecule has 2 aromatic carbocycles. The maximum atomic E-state index is 13.0. The van der Waals surface area contributed by atoms with Gasteiger partial charge in [-0.15, -0.1) is 0 Å². The van der Waals surface area contributed by atoms with Crippen molar-refractivity contribution in [3.63, 3.8) is 0 Å². The van der Waals surface area contributed by atoms with E-state index in [1.54, 1.807) is 25.0 Å². The van der Waals surface area contributed by atoms with Gasteiger partial charge in [0.2, 0.25) is 0 Å². The third-order valence-electron chi connectivity index (χ3n) is 10.5. The van der Waals surface area contributed by atoms with Crippen LogP contribution in [0.5, 0.6) is 11.5 Å². The van der Waals surface area contributed by atoms with Gasteiger partial charge in [-0.1, -0.05) is 45.0 Å². The minimum absolute atomic E-state index is 0.0590. The molecule has 4 aromatic rings. The van der Waals surface area contributed by atoms with Gasteiger partial charge in [-0.05, 0) is 90.3 Å². The van der Waals surface area contributed by atoms with Gasteiger partial charge < -0.3 is 28.1 Å². The van der Waals surface area contributed by atoms with E-state index in [0.717, 1.165) is 22.6 Å². The molecule has 4 rings (SSSR count). The Morgan fingerprint density at radius 1 is 0.611 bits per heavy atom. The molecule has 0 aliphatic rings. The number of ether oxygens (including phenoxy) is 4. The first-order valence-corrected chi connectivity index (χ1v) is 19.2. The minimum atomic E-state index is -0.874. The summed E-state index contributed by atoms with van der Waals surface area (Å²) in [5.74, 6) is 1.72. The molecule has 1 atom stereocenters. The first kappa shape index (κ1) is 42.5. The fourth-order valence-electron chi connectivity index (χ4n) is 6.19. The van der Waals surface area contributed by atoms with Gasteiger partial charge in [0.15, 0.2) is 11.6 Å². The second-order valence-electron chi connectivity index (χ2n) is 16.6. The number of ketones is 2. The van der Waals surface area contributed by atoms with Gasteiger partial charge >= 0.3 is 0 Å². The summed E-state index contributed by atoms with van der Waals surface area (Å²) in [7, 11) is 0. The van der Waals surface area contributed by atoms with Crippen LogP contribution < -0.4 is 9.47 Å². The van der Waals surface area contributed by atoms with E-state index in [4.69, 9.17) is 18.9 Å². The van der Waals surface area contributed by atoms with Crippen LogP contribution in [0.1, 0.15) is 112 Å². The first-order valence-electron chi connectivity index (χ1n) is 19.2. The monoisotopic (exact) mass is 742 g/mol. The number of rotatable bonds is 23. The number of imidazole rings is 2. The molecule has 0 saturated heterocycles. The summed E-state index contributed by atoms with van der Waals surface area (Å²) in [6.07, 6.45) is 13.2. The number of hydrogen-bond acceptors (Lipinski definition) is 8. The fourth-order valence-corrected chi connectivity index (χ4v) is 6.19. The molecule has 0 amide bonds. The lowest BCUT2D eigenvalue weighted by molar-refractivity contribution is -0.145. The van der Waals surface area contributed by atoms with Crippen molar-refractivity contribution in [3.05, 3.63) is 97.1 Å². The molecular weight excluding hydrogens is 681 g/mol. The second kappa shape index (κ2) is 17.9. The van der Waals surface area contributed by atoms with Crippen molar-refractivity contribution < 1.29 is 28.5 Å². The Hall–Kier alpha value is -4.28. The third kappa shape index (κ3) is 12.1. The Bertz CT molecular complexity index is 1740. The van der Waals surface area contributed by atoms with Crippen LogP contribution >= 0.6 is 0 Å². The average Bonchev–Trinajstić information content (AvgIpc) is 3.84. The summed E-state index contributed by atoms with van der Waals surface area (Å²) in [5.41, 5.74) is -0.613. The largest absolute Gasteiger partial charge is 0.488 e. The lowest BCUT2D eigenvalue weighted by Crippen LogP contribution is -2.40. The molecule has 0 N–H and O–H groups in total. The number of hydrogen-bond donors (Lipinski definition) is 0. The van der Waals surface area contributed by atoms with E-state index >= 15 is 0 Å². The summed E-state index contributed by atoms with van der Waals surface area (Å²) < 4.78 is 28.8. The molecule has 0 saturated carbocycles. The maximum Gasteiger partial charge on any atom is 0.166 e. The highest BCUT2D eigenvalue weighted by atomic mass is 16.5. The van der Waals surface area contributed by atoms with Crippen LogP contribution in [0.2, 0.25) is 0 Å². The lowest BCUT2D eigenvalue weighted by atomic mass is 9.78. The number of carbonyl (C=O) groups is 2. The van der Waals surface area contributed by atoms with Crippen molar-refractivity contribution in [3.8, 4) is 11.5 Å². The second-order valence-corrected chi connectivity index (χ2v) is 16.6. The Kier molecular flexibility index (Phi) is 14.1. The van der Waals surface area contributed by atoms with Gasteiger partial charge in [-0.2, -0.15) is 0 Å². The quantitative estimate of drug-likeness (QED) is 0.0743. The SMILES string of the molecule is CCC(C)(OCCC(C)(C)Oc1ccc(C(C)(C)c2ccc(OC(C)(C)CCOC(C)(C)C(=O)CCn3ccnc3)cc2)cc1)C(=O)CCn1ccnc1. The van der Waals surface area contributed by atoms with Crippen molar-refractivity contribution in [1.29, 1.82) is 0 Å². The van der Waals surface area contributed by atoms with E-state index in [-0.39, 0.29) is 17.0 Å². The van der Waals surface area contributed by atoms with Crippen molar-refractivity contribution in [1.82, 2.24) is 19.1 Å². The van der Waals surface area contributed by atoms with Gasteiger partial charge in [-0.25, -0.2) is 9.97 Å². The molecule has 0 spiro atoms. The number of Topliss-reactive ketones (excluding diaryl/α,β-unsaturated/α-hetero) is 2. The smallest absolute Gasteiger partial charge is 0.166 e. The standard InChI is InChI=1S/C44H62N4O6/c1-11-44(10,39(50)21-27-48-29-25-46-33-48)52-31-23-41(4,5)54-37-18-14-35(15-19-37)42(6,7)34-12-16-36(17-13-34)53-40(2,3)22-30-51-43(8,9)38(49)20-26-47-28-24-45-32-47/h12-19,24-25,28-29,32-33H,11,20-23,26-27,30-31H2,1-10H3. The molecule has 294 valence electrons. The van der Waals surface area contributed by atoms with Crippen molar-refractivity contribution >= 4 is 11.6 Å². The van der Waals surface area contributed by atoms with Crippen LogP contribution in [0.15, 0.2) is 86.0 Å². The normalized spacial score (nSPS) is 13.7.